The molecule has 122 valence electrons. The Bertz CT molecular complexity index is 971. The molecule has 1 heterocycles. The summed E-state index contributed by atoms with van der Waals surface area (Å²) in [6.45, 7) is 0. The Morgan fingerprint density at radius 1 is 1.21 bits per heavy atom. The van der Waals surface area contributed by atoms with Gasteiger partial charge in [0, 0.05) is 7.05 Å². The third-order valence-corrected chi connectivity index (χ3v) is 4.39. The van der Waals surface area contributed by atoms with Crippen LogP contribution in [0.2, 0.25) is 0 Å². The largest absolute Gasteiger partial charge is 0.358 e. The van der Waals surface area contributed by atoms with Gasteiger partial charge in [0.25, 0.3) is 5.56 Å². The van der Waals surface area contributed by atoms with Crippen molar-refractivity contribution in [2.45, 2.75) is 5.16 Å². The van der Waals surface area contributed by atoms with E-state index in [4.69, 9.17) is 0 Å². The number of rotatable bonds is 4. The van der Waals surface area contributed by atoms with Gasteiger partial charge < -0.3 is 5.32 Å². The molecule has 2 aromatic carbocycles. The maximum atomic E-state index is 14.2. The highest BCUT2D eigenvalue weighted by Gasteiger charge is 2.16. The van der Waals surface area contributed by atoms with Crippen LogP contribution in [0.5, 0.6) is 0 Å². The predicted molar refractivity (Wildman–Crippen MR) is 92.1 cm³/mol. The van der Waals surface area contributed by atoms with Crippen LogP contribution in [0, 0.1) is 5.82 Å². The molecule has 0 aliphatic carbocycles. The number of thioether (sulfide) groups is 1. The smallest absolute Gasteiger partial charge is 0.266 e. The maximum absolute atomic E-state index is 14.2. The van der Waals surface area contributed by atoms with Crippen LogP contribution >= 0.6 is 11.8 Å². The molecule has 0 unspecified atom stereocenters. The molecule has 0 aliphatic rings. The van der Waals surface area contributed by atoms with Crippen molar-refractivity contribution in [1.82, 2.24) is 14.9 Å². The average Bonchev–Trinajstić information content (AvgIpc) is 2.61. The fraction of sp³-hybridized carbons (Fsp3) is 0.118. The van der Waals surface area contributed by atoms with Gasteiger partial charge in [-0.05, 0) is 24.3 Å². The molecule has 0 radical (unpaired) electrons. The SMILES string of the molecule is CNC(=O)CSc1nc2ccccc2c(=O)n1-c1ccccc1F. The summed E-state index contributed by atoms with van der Waals surface area (Å²) < 4.78 is 15.4. The van der Waals surface area contributed by atoms with Crippen LogP contribution in [0.1, 0.15) is 0 Å². The molecular weight excluding hydrogens is 329 g/mol. The number of amides is 1. The zero-order chi connectivity index (χ0) is 17.1. The summed E-state index contributed by atoms with van der Waals surface area (Å²) in [6, 6.07) is 12.9. The standard InChI is InChI=1S/C17H14FN3O2S/c1-19-15(22)10-24-17-20-13-8-4-2-6-11(13)16(23)21(17)14-9-5-3-7-12(14)18/h2-9H,10H2,1H3,(H,19,22). The minimum absolute atomic E-state index is 0.0791. The van der Waals surface area contributed by atoms with Gasteiger partial charge in [0.15, 0.2) is 5.16 Å². The number of carbonyl (C=O) groups is 1. The lowest BCUT2D eigenvalue weighted by Crippen LogP contribution is -2.24. The molecule has 7 heteroatoms. The summed E-state index contributed by atoms with van der Waals surface area (Å²) in [5.41, 5.74) is 0.250. The minimum atomic E-state index is -0.529. The zero-order valence-electron chi connectivity index (χ0n) is 12.8. The molecule has 24 heavy (non-hydrogen) atoms. The van der Waals surface area contributed by atoms with Gasteiger partial charge in [-0.2, -0.15) is 0 Å². The van der Waals surface area contributed by atoms with E-state index in [1.54, 1.807) is 36.4 Å². The van der Waals surface area contributed by atoms with E-state index >= 15 is 0 Å². The van der Waals surface area contributed by atoms with Crippen molar-refractivity contribution in [3.63, 3.8) is 0 Å². The van der Waals surface area contributed by atoms with Crippen LogP contribution in [0.15, 0.2) is 58.5 Å². The number of nitrogens with zero attached hydrogens (tertiary/aromatic N) is 2. The highest BCUT2D eigenvalue weighted by Crippen LogP contribution is 2.22. The second kappa shape index (κ2) is 6.84. The summed E-state index contributed by atoms with van der Waals surface area (Å²) in [5, 5.41) is 3.17. The van der Waals surface area contributed by atoms with E-state index in [0.29, 0.717) is 10.9 Å². The number of fused-ring (bicyclic) bond motifs is 1. The molecule has 0 atom stereocenters. The highest BCUT2D eigenvalue weighted by atomic mass is 32.2. The van der Waals surface area contributed by atoms with E-state index in [1.807, 2.05) is 0 Å². The van der Waals surface area contributed by atoms with E-state index in [1.165, 1.54) is 23.7 Å². The third-order valence-electron chi connectivity index (χ3n) is 3.45. The van der Waals surface area contributed by atoms with Crippen molar-refractivity contribution in [2.24, 2.45) is 0 Å². The van der Waals surface area contributed by atoms with E-state index in [0.717, 1.165) is 11.8 Å². The van der Waals surface area contributed by atoms with E-state index < -0.39 is 5.82 Å². The second-order valence-corrected chi connectivity index (χ2v) is 5.91. The molecule has 0 saturated carbocycles. The van der Waals surface area contributed by atoms with Gasteiger partial charge in [-0.15, -0.1) is 0 Å². The fourth-order valence-corrected chi connectivity index (χ4v) is 3.13. The van der Waals surface area contributed by atoms with Crippen molar-refractivity contribution in [3.8, 4) is 5.69 Å². The van der Waals surface area contributed by atoms with E-state index in [-0.39, 0.29) is 28.1 Å². The van der Waals surface area contributed by atoms with Crippen LogP contribution in [0.4, 0.5) is 4.39 Å². The first-order chi connectivity index (χ1) is 11.6. The second-order valence-electron chi connectivity index (χ2n) is 4.97. The first kappa shape index (κ1) is 16.2. The average molecular weight is 343 g/mol. The topological polar surface area (TPSA) is 64.0 Å². The number of nitrogens with one attached hydrogen (secondary N) is 1. The summed E-state index contributed by atoms with van der Waals surface area (Å²) in [4.78, 5) is 28.8. The van der Waals surface area contributed by atoms with Crippen molar-refractivity contribution in [3.05, 3.63) is 64.7 Å². The Hall–Kier alpha value is -2.67. The van der Waals surface area contributed by atoms with Crippen molar-refractivity contribution >= 4 is 28.6 Å². The predicted octanol–water partition coefficient (Wildman–Crippen LogP) is 2.36. The van der Waals surface area contributed by atoms with Crippen LogP contribution in [0.3, 0.4) is 0 Å². The van der Waals surface area contributed by atoms with Gasteiger partial charge in [0.1, 0.15) is 5.82 Å². The summed E-state index contributed by atoms with van der Waals surface area (Å²) >= 11 is 1.09. The van der Waals surface area contributed by atoms with Gasteiger partial charge >= 0.3 is 0 Å². The van der Waals surface area contributed by atoms with Crippen molar-refractivity contribution in [2.75, 3.05) is 12.8 Å². The number of benzene rings is 2. The molecule has 1 amide bonds. The van der Waals surface area contributed by atoms with Crippen molar-refractivity contribution < 1.29 is 9.18 Å². The molecule has 0 fully saturated rings. The molecule has 0 saturated heterocycles. The molecule has 3 rings (SSSR count). The highest BCUT2D eigenvalue weighted by molar-refractivity contribution is 7.99. The van der Waals surface area contributed by atoms with Gasteiger partial charge in [-0.3, -0.25) is 14.2 Å². The number of hydrogen-bond donors (Lipinski definition) is 1. The van der Waals surface area contributed by atoms with Gasteiger partial charge in [-0.25, -0.2) is 9.37 Å². The van der Waals surface area contributed by atoms with E-state index in [9.17, 15) is 14.0 Å². The Morgan fingerprint density at radius 2 is 1.92 bits per heavy atom. The lowest BCUT2D eigenvalue weighted by atomic mass is 10.2. The maximum Gasteiger partial charge on any atom is 0.266 e. The van der Waals surface area contributed by atoms with Gasteiger partial charge in [0.2, 0.25) is 5.91 Å². The molecular formula is C17H14FN3O2S. The summed E-state index contributed by atoms with van der Waals surface area (Å²) in [7, 11) is 1.53. The summed E-state index contributed by atoms with van der Waals surface area (Å²) in [6.07, 6.45) is 0. The monoisotopic (exact) mass is 343 g/mol. The number of halogens is 1. The first-order valence-corrected chi connectivity index (χ1v) is 8.20. The molecule has 0 aliphatic heterocycles. The molecule has 5 nitrogen and oxygen atoms in total. The molecule has 3 aromatic rings. The Labute approximate surface area is 141 Å². The quantitative estimate of drug-likeness (QED) is 0.583. The Morgan fingerprint density at radius 3 is 2.67 bits per heavy atom. The van der Waals surface area contributed by atoms with Gasteiger partial charge in [-0.1, -0.05) is 36.0 Å². The van der Waals surface area contributed by atoms with Crippen molar-refractivity contribution in [1.29, 1.82) is 0 Å². The third kappa shape index (κ3) is 3.03. The zero-order valence-corrected chi connectivity index (χ0v) is 13.6. The minimum Gasteiger partial charge on any atom is -0.358 e. The molecule has 0 spiro atoms. The van der Waals surface area contributed by atoms with Crippen LogP contribution in [0.25, 0.3) is 16.6 Å². The Kier molecular flexibility index (Phi) is 4.61. The first-order valence-electron chi connectivity index (χ1n) is 7.22. The number of para-hydroxylation sites is 2. The molecule has 1 N–H and O–H groups in total. The number of carbonyl (C=O) groups excluding carboxylic acids is 1. The fourth-order valence-electron chi connectivity index (χ4n) is 2.26. The molecule has 0 bridgehead atoms. The van der Waals surface area contributed by atoms with Crippen LogP contribution in [-0.4, -0.2) is 28.3 Å². The summed E-state index contributed by atoms with van der Waals surface area (Å²) in [5.74, 6) is -0.656. The Balaban J connectivity index is 2.24. The number of aromatic nitrogens is 2. The van der Waals surface area contributed by atoms with Gasteiger partial charge in [0.05, 0.1) is 22.3 Å². The molecule has 1 aromatic heterocycles. The van der Waals surface area contributed by atoms with Crippen LogP contribution in [-0.2, 0) is 4.79 Å². The number of hydrogen-bond acceptors (Lipinski definition) is 4. The lowest BCUT2D eigenvalue weighted by molar-refractivity contribution is -0.118. The normalized spacial score (nSPS) is 10.8. The van der Waals surface area contributed by atoms with E-state index in [2.05, 4.69) is 10.3 Å². The lowest BCUT2D eigenvalue weighted by Gasteiger charge is -2.13. The van der Waals surface area contributed by atoms with Crippen LogP contribution < -0.4 is 10.9 Å².